The van der Waals surface area contributed by atoms with Crippen molar-refractivity contribution in [3.05, 3.63) is 49.0 Å². The molecule has 0 spiro atoms. The van der Waals surface area contributed by atoms with Crippen LogP contribution < -0.4 is 5.32 Å². The van der Waals surface area contributed by atoms with Crippen LogP contribution in [0.3, 0.4) is 0 Å². The molecule has 1 N–H and O–H groups in total. The average Bonchev–Trinajstić information content (AvgIpc) is 2.54. The monoisotopic (exact) mass is 481 g/mol. The van der Waals surface area contributed by atoms with Gasteiger partial charge in [-0.2, -0.15) is 5.26 Å². The van der Waals surface area contributed by atoms with Gasteiger partial charge in [0.25, 0.3) is 0 Å². The van der Waals surface area contributed by atoms with Crippen LogP contribution in [0, 0.1) is 39.0 Å². The molecule has 2 aromatic rings. The van der Waals surface area contributed by atoms with Crippen LogP contribution >= 0.6 is 43.6 Å². The standard InChI is InChI=1S/C18H17Br2N3OS/c1-9-5-14(19)17(15(20)6-9)23-16(24)8-25-18-13(7-21)11(3)10(2)12(4)22-18/h5-6H,8H2,1-4H3,(H,23,24). The number of aromatic nitrogens is 1. The van der Waals surface area contributed by atoms with Crippen LogP contribution in [0.1, 0.15) is 27.9 Å². The summed E-state index contributed by atoms with van der Waals surface area (Å²) in [7, 11) is 0. The van der Waals surface area contributed by atoms with Crippen molar-refractivity contribution >= 4 is 55.2 Å². The molecule has 2 rings (SSSR count). The van der Waals surface area contributed by atoms with E-state index in [1.165, 1.54) is 11.8 Å². The van der Waals surface area contributed by atoms with E-state index in [1.54, 1.807) is 0 Å². The number of anilines is 1. The largest absolute Gasteiger partial charge is 0.323 e. The Morgan fingerprint density at radius 2 is 1.80 bits per heavy atom. The molecule has 1 amide bonds. The Hall–Kier alpha value is -1.36. The van der Waals surface area contributed by atoms with Gasteiger partial charge in [0.15, 0.2) is 0 Å². The Kier molecular flexibility index (Phi) is 6.66. The van der Waals surface area contributed by atoms with E-state index >= 15 is 0 Å². The molecule has 1 heterocycles. The molecule has 0 saturated carbocycles. The molecule has 0 bridgehead atoms. The van der Waals surface area contributed by atoms with Crippen molar-refractivity contribution in [2.45, 2.75) is 32.7 Å². The number of thioether (sulfide) groups is 1. The minimum absolute atomic E-state index is 0.156. The number of halogens is 2. The van der Waals surface area contributed by atoms with Crippen molar-refractivity contribution in [1.29, 1.82) is 5.26 Å². The molecule has 0 unspecified atom stereocenters. The van der Waals surface area contributed by atoms with E-state index < -0.39 is 0 Å². The van der Waals surface area contributed by atoms with Crippen molar-refractivity contribution in [2.24, 2.45) is 0 Å². The van der Waals surface area contributed by atoms with Gasteiger partial charge in [0.2, 0.25) is 5.91 Å². The molecule has 0 atom stereocenters. The molecule has 0 aliphatic heterocycles. The van der Waals surface area contributed by atoms with Gasteiger partial charge < -0.3 is 5.32 Å². The van der Waals surface area contributed by atoms with Gasteiger partial charge in [-0.1, -0.05) is 11.8 Å². The third-order valence-electron chi connectivity index (χ3n) is 3.87. The lowest BCUT2D eigenvalue weighted by Gasteiger charge is -2.12. The average molecular weight is 483 g/mol. The fourth-order valence-corrected chi connectivity index (χ4v) is 4.77. The molecule has 0 aliphatic carbocycles. The fraction of sp³-hybridized carbons (Fsp3) is 0.278. The van der Waals surface area contributed by atoms with Gasteiger partial charge in [-0.3, -0.25) is 4.79 Å². The Bertz CT molecular complexity index is 868. The molecule has 130 valence electrons. The van der Waals surface area contributed by atoms with E-state index in [9.17, 15) is 10.1 Å². The van der Waals surface area contributed by atoms with E-state index in [1.807, 2.05) is 39.8 Å². The van der Waals surface area contributed by atoms with Crippen molar-refractivity contribution in [2.75, 3.05) is 11.1 Å². The SMILES string of the molecule is Cc1cc(Br)c(NC(=O)CSc2nc(C)c(C)c(C)c2C#N)c(Br)c1. The lowest BCUT2D eigenvalue weighted by atomic mass is 10.1. The first-order valence-corrected chi connectivity index (χ1v) is 10.1. The first-order chi connectivity index (χ1) is 11.7. The second-order valence-electron chi connectivity index (χ2n) is 5.68. The zero-order valence-corrected chi connectivity index (χ0v) is 18.3. The van der Waals surface area contributed by atoms with Gasteiger partial charge in [-0.05, 0) is 88.4 Å². The lowest BCUT2D eigenvalue weighted by Crippen LogP contribution is -2.15. The van der Waals surface area contributed by atoms with Crippen molar-refractivity contribution in [3.8, 4) is 6.07 Å². The summed E-state index contributed by atoms with van der Waals surface area (Å²) in [5, 5.41) is 12.9. The van der Waals surface area contributed by atoms with Gasteiger partial charge in [-0.15, -0.1) is 0 Å². The summed E-state index contributed by atoms with van der Waals surface area (Å²) in [6.45, 7) is 7.75. The number of nitrogens with one attached hydrogen (secondary N) is 1. The molecule has 0 aliphatic rings. The number of nitrogens with zero attached hydrogens (tertiary/aromatic N) is 2. The summed E-state index contributed by atoms with van der Waals surface area (Å²) in [4.78, 5) is 16.8. The smallest absolute Gasteiger partial charge is 0.234 e. The summed E-state index contributed by atoms with van der Waals surface area (Å²) in [6, 6.07) is 6.08. The van der Waals surface area contributed by atoms with Crippen LogP contribution in [-0.4, -0.2) is 16.6 Å². The van der Waals surface area contributed by atoms with Gasteiger partial charge in [0, 0.05) is 14.6 Å². The van der Waals surface area contributed by atoms with Crippen LogP contribution in [-0.2, 0) is 4.79 Å². The highest BCUT2D eigenvalue weighted by atomic mass is 79.9. The Labute approximate surface area is 168 Å². The van der Waals surface area contributed by atoms with Crippen molar-refractivity contribution < 1.29 is 4.79 Å². The predicted octanol–water partition coefficient (Wildman–Crippen LogP) is 5.44. The second-order valence-corrected chi connectivity index (χ2v) is 8.35. The maximum Gasteiger partial charge on any atom is 0.234 e. The second kappa shape index (κ2) is 8.35. The Morgan fingerprint density at radius 1 is 1.20 bits per heavy atom. The van der Waals surface area contributed by atoms with Crippen molar-refractivity contribution in [1.82, 2.24) is 4.98 Å². The normalized spacial score (nSPS) is 10.4. The van der Waals surface area contributed by atoms with Gasteiger partial charge in [0.05, 0.1) is 17.0 Å². The summed E-state index contributed by atoms with van der Waals surface area (Å²) in [5.74, 6) is 0.0212. The number of pyridine rings is 1. The molecular formula is C18H17Br2N3OS. The summed E-state index contributed by atoms with van der Waals surface area (Å²) in [5.41, 5.74) is 5.13. The van der Waals surface area contributed by atoms with Crippen LogP contribution in [0.25, 0.3) is 0 Å². The first kappa shape index (κ1) is 20.0. The molecule has 7 heteroatoms. The fourth-order valence-electron chi connectivity index (χ4n) is 2.28. The number of carbonyl (C=O) groups is 1. The summed E-state index contributed by atoms with van der Waals surface area (Å²) >= 11 is 8.21. The topological polar surface area (TPSA) is 65.8 Å². The van der Waals surface area contributed by atoms with Crippen LogP contribution in [0.2, 0.25) is 0 Å². The van der Waals surface area contributed by atoms with E-state index in [0.29, 0.717) is 16.3 Å². The van der Waals surface area contributed by atoms with E-state index in [4.69, 9.17) is 0 Å². The molecule has 25 heavy (non-hydrogen) atoms. The summed E-state index contributed by atoms with van der Waals surface area (Å²) in [6.07, 6.45) is 0. The van der Waals surface area contributed by atoms with Crippen LogP contribution in [0.4, 0.5) is 5.69 Å². The Balaban J connectivity index is 2.15. The number of aryl methyl sites for hydroxylation is 2. The minimum atomic E-state index is -0.156. The maximum atomic E-state index is 12.3. The zero-order valence-electron chi connectivity index (χ0n) is 14.3. The van der Waals surface area contributed by atoms with Gasteiger partial charge in [0.1, 0.15) is 11.1 Å². The molecule has 0 radical (unpaired) electrons. The van der Waals surface area contributed by atoms with E-state index in [0.717, 1.165) is 31.3 Å². The van der Waals surface area contributed by atoms with E-state index in [2.05, 4.69) is 48.2 Å². The highest BCUT2D eigenvalue weighted by molar-refractivity contribution is 9.11. The number of nitriles is 1. The number of carbonyl (C=O) groups excluding carboxylic acids is 1. The highest BCUT2D eigenvalue weighted by Crippen LogP contribution is 2.33. The molecule has 0 fully saturated rings. The third-order valence-corrected chi connectivity index (χ3v) is 6.09. The Morgan fingerprint density at radius 3 is 2.36 bits per heavy atom. The molecule has 1 aromatic carbocycles. The minimum Gasteiger partial charge on any atom is -0.323 e. The zero-order chi connectivity index (χ0) is 18.7. The predicted molar refractivity (Wildman–Crippen MR) is 109 cm³/mol. The molecular weight excluding hydrogens is 466 g/mol. The first-order valence-electron chi connectivity index (χ1n) is 7.50. The molecule has 1 aromatic heterocycles. The number of hydrogen-bond donors (Lipinski definition) is 1. The van der Waals surface area contributed by atoms with Gasteiger partial charge in [-0.25, -0.2) is 4.98 Å². The highest BCUT2D eigenvalue weighted by Gasteiger charge is 2.15. The summed E-state index contributed by atoms with van der Waals surface area (Å²) < 4.78 is 1.63. The number of rotatable bonds is 4. The van der Waals surface area contributed by atoms with Crippen LogP contribution in [0.5, 0.6) is 0 Å². The molecule has 4 nitrogen and oxygen atoms in total. The number of benzene rings is 1. The number of hydrogen-bond acceptors (Lipinski definition) is 4. The number of amides is 1. The maximum absolute atomic E-state index is 12.3. The van der Waals surface area contributed by atoms with E-state index in [-0.39, 0.29) is 11.7 Å². The quantitative estimate of drug-likeness (QED) is 0.589. The molecule has 0 saturated heterocycles. The van der Waals surface area contributed by atoms with Crippen molar-refractivity contribution in [3.63, 3.8) is 0 Å². The third kappa shape index (κ3) is 4.63. The lowest BCUT2D eigenvalue weighted by molar-refractivity contribution is -0.113. The van der Waals surface area contributed by atoms with Gasteiger partial charge >= 0.3 is 0 Å². The van der Waals surface area contributed by atoms with Crippen LogP contribution in [0.15, 0.2) is 26.1 Å².